The van der Waals surface area contributed by atoms with E-state index in [2.05, 4.69) is 34.7 Å². The molecule has 2 aromatic rings. The number of benzene rings is 1. The molecule has 0 radical (unpaired) electrons. The predicted molar refractivity (Wildman–Crippen MR) is 100 cm³/mol. The minimum Gasteiger partial charge on any atom is -0.338 e. The molecule has 1 aliphatic rings. The summed E-state index contributed by atoms with van der Waals surface area (Å²) in [5, 5.41) is 15.5. The van der Waals surface area contributed by atoms with E-state index in [1.54, 1.807) is 9.58 Å². The maximum Gasteiger partial charge on any atom is 0.317 e. The van der Waals surface area contributed by atoms with Crippen LogP contribution in [0, 0.1) is 12.8 Å². The van der Waals surface area contributed by atoms with E-state index in [4.69, 9.17) is 0 Å². The third-order valence-corrected chi connectivity index (χ3v) is 5.54. The number of tetrazole rings is 1. The van der Waals surface area contributed by atoms with Crippen LogP contribution in [0.4, 0.5) is 4.79 Å². The van der Waals surface area contributed by atoms with Crippen LogP contribution in [0.2, 0.25) is 0 Å². The van der Waals surface area contributed by atoms with Gasteiger partial charge in [-0.2, -0.15) is 4.68 Å². The normalized spacial score (nSPS) is 22.8. The molecule has 140 valence electrons. The van der Waals surface area contributed by atoms with Crippen molar-refractivity contribution in [2.24, 2.45) is 5.92 Å². The Kier molecular flexibility index (Phi) is 5.25. The fourth-order valence-corrected chi connectivity index (χ4v) is 3.75. The SMILES string of the molecule is CCNC(=O)N(C)C1(c2nnnn2-c2ccc(C)cc2)CCC(C)CC1. The Morgan fingerprint density at radius 3 is 2.58 bits per heavy atom. The van der Waals surface area contributed by atoms with Crippen LogP contribution in [-0.2, 0) is 5.54 Å². The van der Waals surface area contributed by atoms with Crippen molar-refractivity contribution in [1.29, 1.82) is 0 Å². The highest BCUT2D eigenvalue weighted by Crippen LogP contribution is 2.43. The van der Waals surface area contributed by atoms with Gasteiger partial charge in [-0.05, 0) is 68.0 Å². The zero-order valence-electron chi connectivity index (χ0n) is 16.1. The Morgan fingerprint density at radius 2 is 1.96 bits per heavy atom. The smallest absolute Gasteiger partial charge is 0.317 e. The minimum atomic E-state index is -0.500. The lowest BCUT2D eigenvalue weighted by atomic mass is 9.75. The van der Waals surface area contributed by atoms with Crippen LogP contribution >= 0.6 is 0 Å². The number of rotatable bonds is 4. The molecule has 1 saturated carbocycles. The number of aromatic nitrogens is 4. The summed E-state index contributed by atoms with van der Waals surface area (Å²) < 4.78 is 1.78. The summed E-state index contributed by atoms with van der Waals surface area (Å²) in [6.45, 7) is 6.84. The summed E-state index contributed by atoms with van der Waals surface area (Å²) in [6.07, 6.45) is 3.80. The molecular formula is C19H28N6O. The maximum atomic E-state index is 12.7. The molecule has 7 heteroatoms. The Morgan fingerprint density at radius 1 is 1.31 bits per heavy atom. The number of carbonyl (C=O) groups is 1. The minimum absolute atomic E-state index is 0.0829. The molecule has 2 amide bonds. The van der Waals surface area contributed by atoms with Crippen molar-refractivity contribution in [2.45, 2.75) is 52.0 Å². The molecule has 0 spiro atoms. The summed E-state index contributed by atoms with van der Waals surface area (Å²) in [6, 6.07) is 8.04. The zero-order valence-corrected chi connectivity index (χ0v) is 16.1. The molecule has 1 aliphatic carbocycles. The molecule has 1 fully saturated rings. The second-order valence-electron chi connectivity index (χ2n) is 7.36. The van der Waals surface area contributed by atoms with Gasteiger partial charge in [0.25, 0.3) is 0 Å². The van der Waals surface area contributed by atoms with E-state index in [0.29, 0.717) is 12.5 Å². The lowest BCUT2D eigenvalue weighted by Crippen LogP contribution is -2.53. The Labute approximate surface area is 154 Å². The van der Waals surface area contributed by atoms with E-state index in [1.165, 1.54) is 5.56 Å². The summed E-state index contributed by atoms with van der Waals surface area (Å²) in [5.41, 5.74) is 1.60. The Hall–Kier alpha value is -2.44. The molecule has 0 bridgehead atoms. The second kappa shape index (κ2) is 7.43. The van der Waals surface area contributed by atoms with E-state index in [1.807, 2.05) is 38.2 Å². The van der Waals surface area contributed by atoms with Gasteiger partial charge in [0.2, 0.25) is 0 Å². The fourth-order valence-electron chi connectivity index (χ4n) is 3.75. The molecule has 7 nitrogen and oxygen atoms in total. The number of carbonyl (C=O) groups excluding carboxylic acids is 1. The van der Waals surface area contributed by atoms with Crippen molar-refractivity contribution in [1.82, 2.24) is 30.4 Å². The van der Waals surface area contributed by atoms with E-state index < -0.39 is 5.54 Å². The molecule has 1 N–H and O–H groups in total. The summed E-state index contributed by atoms with van der Waals surface area (Å²) in [5.74, 6) is 1.39. The predicted octanol–water partition coefficient (Wildman–Crippen LogP) is 3.04. The van der Waals surface area contributed by atoms with Gasteiger partial charge in [-0.3, -0.25) is 0 Å². The van der Waals surface area contributed by atoms with Crippen molar-refractivity contribution in [3.05, 3.63) is 35.7 Å². The molecule has 0 saturated heterocycles. The number of hydrogen-bond donors (Lipinski definition) is 1. The highest BCUT2D eigenvalue weighted by molar-refractivity contribution is 5.75. The average molecular weight is 356 g/mol. The van der Waals surface area contributed by atoms with Gasteiger partial charge in [-0.15, -0.1) is 5.10 Å². The van der Waals surface area contributed by atoms with E-state index in [9.17, 15) is 4.79 Å². The number of hydrogen-bond acceptors (Lipinski definition) is 4. The van der Waals surface area contributed by atoms with Crippen molar-refractivity contribution >= 4 is 6.03 Å². The Balaban J connectivity index is 2.05. The van der Waals surface area contributed by atoms with E-state index in [-0.39, 0.29) is 6.03 Å². The van der Waals surface area contributed by atoms with Gasteiger partial charge < -0.3 is 10.2 Å². The van der Waals surface area contributed by atoms with Crippen molar-refractivity contribution in [3.8, 4) is 5.69 Å². The molecule has 0 atom stereocenters. The monoisotopic (exact) mass is 356 g/mol. The number of nitrogens with one attached hydrogen (secondary N) is 1. The fraction of sp³-hybridized carbons (Fsp3) is 0.579. The van der Waals surface area contributed by atoms with Crippen molar-refractivity contribution in [3.63, 3.8) is 0 Å². The van der Waals surface area contributed by atoms with E-state index >= 15 is 0 Å². The van der Waals surface area contributed by atoms with Gasteiger partial charge in [-0.25, -0.2) is 4.79 Å². The second-order valence-corrected chi connectivity index (χ2v) is 7.36. The summed E-state index contributed by atoms with van der Waals surface area (Å²) in [7, 11) is 1.86. The van der Waals surface area contributed by atoms with E-state index in [0.717, 1.165) is 37.2 Å². The first-order chi connectivity index (χ1) is 12.5. The van der Waals surface area contributed by atoms with Gasteiger partial charge in [0.1, 0.15) is 5.54 Å². The molecule has 0 aliphatic heterocycles. The number of aryl methyl sites for hydroxylation is 1. The van der Waals surface area contributed by atoms with Gasteiger partial charge in [-0.1, -0.05) is 24.6 Å². The van der Waals surface area contributed by atoms with Crippen molar-refractivity contribution in [2.75, 3.05) is 13.6 Å². The van der Waals surface area contributed by atoms with Gasteiger partial charge >= 0.3 is 6.03 Å². The molecule has 0 unspecified atom stereocenters. The highest BCUT2D eigenvalue weighted by atomic mass is 16.2. The first-order valence-electron chi connectivity index (χ1n) is 9.35. The largest absolute Gasteiger partial charge is 0.338 e. The average Bonchev–Trinajstić information content (AvgIpc) is 3.13. The van der Waals surface area contributed by atoms with Gasteiger partial charge in [0, 0.05) is 13.6 Å². The third-order valence-electron chi connectivity index (χ3n) is 5.54. The molecular weight excluding hydrogens is 328 g/mol. The zero-order chi connectivity index (χ0) is 18.7. The third kappa shape index (κ3) is 3.30. The van der Waals surface area contributed by atoms with Crippen LogP contribution in [0.3, 0.4) is 0 Å². The van der Waals surface area contributed by atoms with Gasteiger partial charge in [0.05, 0.1) is 5.69 Å². The lowest BCUT2D eigenvalue weighted by molar-refractivity contribution is 0.0726. The highest BCUT2D eigenvalue weighted by Gasteiger charge is 2.46. The standard InChI is InChI=1S/C19H28N6O/c1-5-20-18(26)24(4)19(12-10-15(3)11-13-19)17-21-22-23-25(17)16-8-6-14(2)7-9-16/h6-9,15H,5,10-13H2,1-4H3,(H,20,26). The lowest BCUT2D eigenvalue weighted by Gasteiger charge is -2.44. The van der Waals surface area contributed by atoms with Crippen LogP contribution in [0.5, 0.6) is 0 Å². The topological polar surface area (TPSA) is 75.9 Å². The van der Waals surface area contributed by atoms with Crippen LogP contribution < -0.4 is 5.32 Å². The van der Waals surface area contributed by atoms with Crippen LogP contribution in [0.25, 0.3) is 5.69 Å². The molecule has 1 aromatic carbocycles. The van der Waals surface area contributed by atoms with Crippen LogP contribution in [0.15, 0.2) is 24.3 Å². The summed E-state index contributed by atoms with van der Waals surface area (Å²) in [4.78, 5) is 14.5. The molecule has 26 heavy (non-hydrogen) atoms. The first-order valence-corrected chi connectivity index (χ1v) is 9.35. The molecule has 1 heterocycles. The molecule has 1 aromatic heterocycles. The quantitative estimate of drug-likeness (QED) is 0.913. The van der Waals surface area contributed by atoms with Gasteiger partial charge in [0.15, 0.2) is 5.82 Å². The first kappa shape index (κ1) is 18.4. The van der Waals surface area contributed by atoms with Crippen LogP contribution in [0.1, 0.15) is 50.9 Å². The Bertz CT molecular complexity index is 746. The summed E-state index contributed by atoms with van der Waals surface area (Å²) >= 11 is 0. The maximum absolute atomic E-state index is 12.7. The molecule has 3 rings (SSSR count). The van der Waals surface area contributed by atoms with Crippen LogP contribution in [-0.4, -0.2) is 44.7 Å². The number of amides is 2. The van der Waals surface area contributed by atoms with Crippen molar-refractivity contribution < 1.29 is 4.79 Å². The number of nitrogens with zero attached hydrogens (tertiary/aromatic N) is 5. The number of urea groups is 1.